The number of halogens is 1. The van der Waals surface area contributed by atoms with E-state index in [0.29, 0.717) is 18.1 Å². The van der Waals surface area contributed by atoms with Crippen LogP contribution in [-0.4, -0.2) is 37.8 Å². The average molecular weight is 396 g/mol. The van der Waals surface area contributed by atoms with Crippen molar-refractivity contribution in [3.8, 4) is 5.69 Å². The molecule has 1 saturated heterocycles. The second-order valence-corrected chi connectivity index (χ2v) is 7.07. The van der Waals surface area contributed by atoms with Gasteiger partial charge in [-0.05, 0) is 61.1 Å². The van der Waals surface area contributed by atoms with Gasteiger partial charge in [0.05, 0.1) is 17.8 Å². The Morgan fingerprint density at radius 2 is 2.04 bits per heavy atom. The number of rotatable bonds is 6. The largest absolute Gasteiger partial charge is 0.396 e. The lowest BCUT2D eigenvalue weighted by Crippen LogP contribution is -2.31. The lowest BCUT2D eigenvalue weighted by molar-refractivity contribution is 0.244. The topological polar surface area (TPSA) is 53.3 Å². The third kappa shape index (κ3) is 3.50. The molecular weight excluding hydrogens is 375 g/mol. The number of hydrogen-bond acceptors (Lipinski definition) is 3. The molecule has 3 heterocycles. The standard InChI is InChI=1S/C21H21FN4OS/c22-15-6-3-7-16(14-15)25-11-4-9-18(25)20-19(17-8-1-2-10-23-17)24-21(28)26(20)12-5-13-27/h1-4,6-11,14,19-20,27H,5,12-13H2,(H,24,28)/t19-,20-/m0/s1. The Hall–Kier alpha value is -2.77. The van der Waals surface area contributed by atoms with E-state index in [-0.39, 0.29) is 24.5 Å². The van der Waals surface area contributed by atoms with Crippen LogP contribution in [0.25, 0.3) is 5.69 Å². The number of nitrogens with zero attached hydrogens (tertiary/aromatic N) is 3. The second kappa shape index (κ2) is 8.08. The zero-order valence-electron chi connectivity index (χ0n) is 15.2. The summed E-state index contributed by atoms with van der Waals surface area (Å²) in [5, 5.41) is 13.3. The highest BCUT2D eigenvalue weighted by Gasteiger charge is 2.40. The molecule has 0 bridgehead atoms. The van der Waals surface area contributed by atoms with Crippen molar-refractivity contribution in [1.82, 2.24) is 19.8 Å². The molecule has 3 aromatic rings. The number of nitrogens with one attached hydrogen (secondary N) is 1. The molecule has 2 N–H and O–H groups in total. The number of pyridine rings is 1. The molecule has 4 rings (SSSR count). The van der Waals surface area contributed by atoms with Gasteiger partial charge in [-0.1, -0.05) is 12.1 Å². The molecule has 0 radical (unpaired) electrons. The molecule has 5 nitrogen and oxygen atoms in total. The molecular formula is C21H21FN4OS. The first-order valence-electron chi connectivity index (χ1n) is 9.21. The minimum Gasteiger partial charge on any atom is -0.396 e. The van der Waals surface area contributed by atoms with Gasteiger partial charge in [-0.25, -0.2) is 4.39 Å². The van der Waals surface area contributed by atoms with Gasteiger partial charge in [-0.2, -0.15) is 0 Å². The fourth-order valence-corrected chi connectivity index (χ4v) is 4.04. The zero-order chi connectivity index (χ0) is 19.5. The van der Waals surface area contributed by atoms with Crippen molar-refractivity contribution >= 4 is 17.3 Å². The normalized spacial score (nSPS) is 19.1. The van der Waals surface area contributed by atoms with Crippen LogP contribution in [0.15, 0.2) is 67.0 Å². The summed E-state index contributed by atoms with van der Waals surface area (Å²) in [5.74, 6) is -0.282. The molecule has 7 heteroatoms. The highest BCUT2D eigenvalue weighted by Crippen LogP contribution is 2.39. The summed E-state index contributed by atoms with van der Waals surface area (Å²) in [5.41, 5.74) is 2.61. The molecule has 1 aliphatic rings. The Balaban J connectivity index is 1.79. The quantitative estimate of drug-likeness (QED) is 0.626. The van der Waals surface area contributed by atoms with E-state index in [0.717, 1.165) is 17.1 Å². The maximum atomic E-state index is 13.8. The van der Waals surface area contributed by atoms with Gasteiger partial charge >= 0.3 is 0 Å². The van der Waals surface area contributed by atoms with E-state index >= 15 is 0 Å². The molecule has 0 spiro atoms. The van der Waals surface area contributed by atoms with Crippen LogP contribution in [0, 0.1) is 5.82 Å². The molecule has 28 heavy (non-hydrogen) atoms. The Kier molecular flexibility index (Phi) is 5.36. The van der Waals surface area contributed by atoms with E-state index in [1.165, 1.54) is 12.1 Å². The summed E-state index contributed by atoms with van der Waals surface area (Å²) in [6.07, 6.45) is 4.29. The van der Waals surface area contributed by atoms with Crippen molar-refractivity contribution in [1.29, 1.82) is 0 Å². The Labute approximate surface area is 168 Å². The third-order valence-electron chi connectivity index (χ3n) is 4.92. The molecule has 0 unspecified atom stereocenters. The molecule has 0 saturated carbocycles. The Bertz CT molecular complexity index is 962. The summed E-state index contributed by atoms with van der Waals surface area (Å²) >= 11 is 5.60. The first-order valence-corrected chi connectivity index (χ1v) is 9.62. The van der Waals surface area contributed by atoms with Crippen LogP contribution in [0.2, 0.25) is 0 Å². The summed E-state index contributed by atoms with van der Waals surface area (Å²) in [7, 11) is 0. The molecule has 1 aromatic carbocycles. The molecule has 0 amide bonds. The fourth-order valence-electron chi connectivity index (χ4n) is 3.71. The van der Waals surface area contributed by atoms with Gasteiger partial charge in [0, 0.05) is 36.9 Å². The Morgan fingerprint density at radius 1 is 1.14 bits per heavy atom. The van der Waals surface area contributed by atoms with Crippen LogP contribution >= 0.6 is 12.2 Å². The smallest absolute Gasteiger partial charge is 0.170 e. The molecule has 2 aromatic heterocycles. The van der Waals surface area contributed by atoms with Gasteiger partial charge in [0.1, 0.15) is 5.82 Å². The predicted octanol–water partition coefficient (Wildman–Crippen LogP) is 3.37. The van der Waals surface area contributed by atoms with Crippen LogP contribution in [0.4, 0.5) is 4.39 Å². The highest BCUT2D eigenvalue weighted by atomic mass is 32.1. The van der Waals surface area contributed by atoms with Crippen molar-refractivity contribution in [3.05, 3.63) is 84.2 Å². The first-order chi connectivity index (χ1) is 13.7. The molecule has 1 aliphatic heterocycles. The second-order valence-electron chi connectivity index (χ2n) is 6.68. The van der Waals surface area contributed by atoms with Gasteiger partial charge in [0.25, 0.3) is 0 Å². The van der Waals surface area contributed by atoms with Crippen molar-refractivity contribution in [2.24, 2.45) is 0 Å². The maximum Gasteiger partial charge on any atom is 0.170 e. The number of hydrogen-bond donors (Lipinski definition) is 2. The van der Waals surface area contributed by atoms with E-state index < -0.39 is 0 Å². The molecule has 144 valence electrons. The number of benzene rings is 1. The zero-order valence-corrected chi connectivity index (χ0v) is 16.0. The van der Waals surface area contributed by atoms with E-state index in [4.69, 9.17) is 12.2 Å². The van der Waals surface area contributed by atoms with E-state index in [9.17, 15) is 9.50 Å². The van der Waals surface area contributed by atoms with Crippen LogP contribution in [0.1, 0.15) is 29.9 Å². The van der Waals surface area contributed by atoms with E-state index in [1.807, 2.05) is 47.2 Å². The van der Waals surface area contributed by atoms with Gasteiger partial charge < -0.3 is 19.9 Å². The van der Waals surface area contributed by atoms with Crippen LogP contribution in [0.3, 0.4) is 0 Å². The van der Waals surface area contributed by atoms with Gasteiger partial charge in [-0.3, -0.25) is 4.98 Å². The number of thiocarbonyl (C=S) groups is 1. The van der Waals surface area contributed by atoms with Crippen molar-refractivity contribution < 1.29 is 9.50 Å². The van der Waals surface area contributed by atoms with Crippen LogP contribution < -0.4 is 5.32 Å². The molecule has 2 atom stereocenters. The van der Waals surface area contributed by atoms with Crippen LogP contribution in [0.5, 0.6) is 0 Å². The summed E-state index contributed by atoms with van der Waals surface area (Å²) in [4.78, 5) is 6.60. The fraction of sp³-hybridized carbons (Fsp3) is 0.238. The monoisotopic (exact) mass is 396 g/mol. The van der Waals surface area contributed by atoms with E-state index in [2.05, 4.69) is 15.2 Å². The predicted molar refractivity (Wildman–Crippen MR) is 110 cm³/mol. The molecule has 1 fully saturated rings. The van der Waals surface area contributed by atoms with Crippen LogP contribution in [-0.2, 0) is 0 Å². The average Bonchev–Trinajstić information content (AvgIpc) is 3.31. The minimum atomic E-state index is -0.282. The third-order valence-corrected chi connectivity index (χ3v) is 5.28. The lowest BCUT2D eigenvalue weighted by atomic mass is 10.0. The number of aliphatic hydroxyl groups is 1. The van der Waals surface area contributed by atoms with Gasteiger partial charge in [0.15, 0.2) is 5.11 Å². The lowest BCUT2D eigenvalue weighted by Gasteiger charge is -2.28. The number of aliphatic hydroxyl groups excluding tert-OH is 1. The number of aromatic nitrogens is 2. The summed E-state index contributed by atoms with van der Waals surface area (Å²) in [6, 6.07) is 16.0. The Morgan fingerprint density at radius 3 is 2.79 bits per heavy atom. The van der Waals surface area contributed by atoms with Crippen molar-refractivity contribution in [2.45, 2.75) is 18.5 Å². The molecule has 0 aliphatic carbocycles. The summed E-state index contributed by atoms with van der Waals surface area (Å²) in [6.45, 7) is 0.704. The van der Waals surface area contributed by atoms with Crippen molar-refractivity contribution in [2.75, 3.05) is 13.2 Å². The SMILES string of the molecule is OCCCN1C(=S)N[C@@H](c2ccccn2)[C@@H]1c1cccn1-c1cccc(F)c1. The minimum absolute atomic E-state index is 0.0883. The van der Waals surface area contributed by atoms with E-state index in [1.54, 1.807) is 12.3 Å². The van der Waals surface area contributed by atoms with Gasteiger partial charge in [0.2, 0.25) is 0 Å². The first kappa shape index (κ1) is 18.6. The summed E-state index contributed by atoms with van der Waals surface area (Å²) < 4.78 is 15.8. The van der Waals surface area contributed by atoms with Gasteiger partial charge in [-0.15, -0.1) is 0 Å². The highest BCUT2D eigenvalue weighted by molar-refractivity contribution is 7.80. The maximum absolute atomic E-state index is 13.8. The van der Waals surface area contributed by atoms with Crippen molar-refractivity contribution in [3.63, 3.8) is 0 Å².